The molecule has 2 atom stereocenters. The van der Waals surface area contributed by atoms with Crippen LogP contribution in [0, 0.1) is 0 Å². The zero-order valence-electron chi connectivity index (χ0n) is 10.9. The second-order valence-electron chi connectivity index (χ2n) is 4.57. The van der Waals surface area contributed by atoms with E-state index in [1.54, 1.807) is 0 Å². The van der Waals surface area contributed by atoms with Crippen LogP contribution in [-0.4, -0.2) is 50.8 Å². The van der Waals surface area contributed by atoms with E-state index in [1.165, 1.54) is 0 Å². The summed E-state index contributed by atoms with van der Waals surface area (Å²) >= 11 is 0. The minimum absolute atomic E-state index is 0.117. The molecular weight excluding hydrogens is 284 g/mol. The third-order valence-electron chi connectivity index (χ3n) is 2.99. The van der Waals surface area contributed by atoms with E-state index in [1.807, 2.05) is 5.32 Å². The third-order valence-corrected chi connectivity index (χ3v) is 2.99. The smallest absolute Gasteiger partial charge is 0.326 e. The van der Waals surface area contributed by atoms with Crippen LogP contribution in [0.2, 0.25) is 0 Å². The molecule has 114 valence electrons. The fraction of sp³-hybridized carbons (Fsp3) is 0.545. The van der Waals surface area contributed by atoms with Crippen LogP contribution >= 0.6 is 0 Å². The Morgan fingerprint density at radius 3 is 2.76 bits per heavy atom. The zero-order valence-corrected chi connectivity index (χ0v) is 10.9. The van der Waals surface area contributed by atoms with Gasteiger partial charge in [-0.2, -0.15) is 4.98 Å². The quantitative estimate of drug-likeness (QED) is 0.525. The summed E-state index contributed by atoms with van der Waals surface area (Å²) in [5, 5.41) is 26.1. The van der Waals surface area contributed by atoms with Gasteiger partial charge in [-0.15, -0.1) is 0 Å². The second kappa shape index (κ2) is 6.31. The molecule has 0 radical (unpaired) electrons. The van der Waals surface area contributed by atoms with Crippen LogP contribution in [0.1, 0.15) is 41.8 Å². The monoisotopic (exact) mass is 298 g/mol. The first kappa shape index (κ1) is 14.9. The van der Waals surface area contributed by atoms with Crippen LogP contribution in [-0.2, 0) is 9.59 Å². The van der Waals surface area contributed by atoms with Gasteiger partial charge in [0.05, 0.1) is 12.5 Å². The van der Waals surface area contributed by atoms with E-state index >= 15 is 0 Å². The number of aromatic nitrogens is 2. The molecule has 10 nitrogen and oxygen atoms in total. The lowest BCUT2D eigenvalue weighted by Crippen LogP contribution is -2.42. The maximum absolute atomic E-state index is 11.8. The Hall–Kier alpha value is -2.49. The van der Waals surface area contributed by atoms with Crippen molar-refractivity contribution in [2.45, 2.75) is 31.3 Å². The maximum atomic E-state index is 11.8. The Morgan fingerprint density at radius 2 is 2.19 bits per heavy atom. The fourth-order valence-corrected chi connectivity index (χ4v) is 1.96. The first-order valence-electron chi connectivity index (χ1n) is 6.30. The number of aliphatic carboxylic acids is 2. The Kier molecular flexibility index (Phi) is 4.48. The van der Waals surface area contributed by atoms with Gasteiger partial charge in [-0.25, -0.2) is 4.79 Å². The van der Waals surface area contributed by atoms with Gasteiger partial charge in [0.15, 0.2) is 0 Å². The van der Waals surface area contributed by atoms with Crippen LogP contribution in [0.4, 0.5) is 0 Å². The van der Waals surface area contributed by atoms with Crippen molar-refractivity contribution in [3.63, 3.8) is 0 Å². The Morgan fingerprint density at radius 1 is 1.43 bits per heavy atom. The Balaban J connectivity index is 2.01. The predicted molar refractivity (Wildman–Crippen MR) is 65.4 cm³/mol. The average Bonchev–Trinajstić information content (AvgIpc) is 3.08. The topological polar surface area (TPSA) is 155 Å². The molecule has 1 amide bonds. The van der Waals surface area contributed by atoms with E-state index in [0.717, 1.165) is 19.4 Å². The molecule has 1 fully saturated rings. The van der Waals surface area contributed by atoms with Gasteiger partial charge in [0, 0.05) is 0 Å². The maximum Gasteiger partial charge on any atom is 0.326 e. The lowest BCUT2D eigenvalue weighted by molar-refractivity contribution is -0.145. The van der Waals surface area contributed by atoms with Gasteiger partial charge in [0.25, 0.3) is 11.7 Å². The van der Waals surface area contributed by atoms with Crippen molar-refractivity contribution < 1.29 is 29.1 Å². The normalized spacial score (nSPS) is 19.1. The Bertz CT molecular complexity index is 551. The number of hydrogen-bond donors (Lipinski definition) is 4. The molecule has 1 aliphatic heterocycles. The zero-order chi connectivity index (χ0) is 15.4. The van der Waals surface area contributed by atoms with E-state index < -0.39 is 30.3 Å². The van der Waals surface area contributed by atoms with Crippen LogP contribution in [0.3, 0.4) is 0 Å². The van der Waals surface area contributed by atoms with Gasteiger partial charge >= 0.3 is 11.9 Å². The number of carbonyl (C=O) groups is 3. The van der Waals surface area contributed by atoms with E-state index in [0.29, 0.717) is 0 Å². The number of hydrogen-bond acceptors (Lipinski definition) is 7. The predicted octanol–water partition coefficient (Wildman–Crippen LogP) is -0.848. The summed E-state index contributed by atoms with van der Waals surface area (Å²) < 4.78 is 4.94. The highest BCUT2D eigenvalue weighted by molar-refractivity contribution is 5.94. The van der Waals surface area contributed by atoms with Crippen LogP contribution in [0.15, 0.2) is 4.52 Å². The number of carboxylic acid groups (broad SMARTS) is 2. The van der Waals surface area contributed by atoms with Crippen molar-refractivity contribution >= 4 is 17.8 Å². The number of carboxylic acids is 2. The third kappa shape index (κ3) is 3.75. The SMILES string of the molecule is O=C(O)CC(NC(=O)c1noc(C2CCCN2)n1)C(=O)O. The minimum Gasteiger partial charge on any atom is -0.481 e. The van der Waals surface area contributed by atoms with Crippen molar-refractivity contribution in [1.29, 1.82) is 0 Å². The first-order chi connectivity index (χ1) is 9.97. The molecule has 1 saturated heterocycles. The van der Waals surface area contributed by atoms with Crippen LogP contribution in [0.5, 0.6) is 0 Å². The van der Waals surface area contributed by atoms with E-state index in [4.69, 9.17) is 14.7 Å². The highest BCUT2D eigenvalue weighted by Gasteiger charge is 2.28. The molecule has 0 bridgehead atoms. The molecule has 1 aliphatic rings. The molecule has 0 aromatic carbocycles. The summed E-state index contributed by atoms with van der Waals surface area (Å²) in [5.74, 6) is -3.76. The number of rotatable bonds is 6. The van der Waals surface area contributed by atoms with Gasteiger partial charge in [0.2, 0.25) is 5.89 Å². The molecule has 2 heterocycles. The largest absolute Gasteiger partial charge is 0.481 e. The Labute approximate surface area is 118 Å². The van der Waals surface area contributed by atoms with E-state index in [2.05, 4.69) is 15.5 Å². The van der Waals surface area contributed by atoms with E-state index in [9.17, 15) is 14.4 Å². The summed E-state index contributed by atoms with van der Waals surface area (Å²) in [5.41, 5.74) is 0. The molecule has 1 aromatic heterocycles. The lowest BCUT2D eigenvalue weighted by atomic mass is 10.2. The highest BCUT2D eigenvalue weighted by Crippen LogP contribution is 2.20. The van der Waals surface area contributed by atoms with Gasteiger partial charge < -0.3 is 25.4 Å². The molecule has 0 aliphatic carbocycles. The number of carbonyl (C=O) groups excluding carboxylic acids is 1. The summed E-state index contributed by atoms with van der Waals surface area (Å²) in [6.07, 6.45) is 1.02. The molecule has 2 rings (SSSR count). The fourth-order valence-electron chi connectivity index (χ4n) is 1.96. The first-order valence-corrected chi connectivity index (χ1v) is 6.30. The summed E-state index contributed by atoms with van der Waals surface area (Å²) in [7, 11) is 0. The number of nitrogens with one attached hydrogen (secondary N) is 2. The lowest BCUT2D eigenvalue weighted by Gasteiger charge is -2.10. The van der Waals surface area contributed by atoms with Gasteiger partial charge in [-0.3, -0.25) is 9.59 Å². The van der Waals surface area contributed by atoms with Crippen molar-refractivity contribution in [3.05, 3.63) is 11.7 Å². The van der Waals surface area contributed by atoms with Gasteiger partial charge in [-0.05, 0) is 19.4 Å². The summed E-state index contributed by atoms with van der Waals surface area (Å²) in [6, 6.07) is -1.67. The van der Waals surface area contributed by atoms with Crippen molar-refractivity contribution in [2.24, 2.45) is 0 Å². The van der Waals surface area contributed by atoms with Crippen LogP contribution < -0.4 is 10.6 Å². The van der Waals surface area contributed by atoms with Crippen LogP contribution in [0.25, 0.3) is 0 Å². The second-order valence-corrected chi connectivity index (χ2v) is 4.57. The van der Waals surface area contributed by atoms with Crippen molar-refractivity contribution in [3.8, 4) is 0 Å². The van der Waals surface area contributed by atoms with Gasteiger partial charge in [-0.1, -0.05) is 5.16 Å². The van der Waals surface area contributed by atoms with Crippen molar-refractivity contribution in [2.75, 3.05) is 6.54 Å². The standard InChI is InChI=1S/C11H14N4O6/c16-7(17)4-6(11(19)20)13-9(18)8-14-10(21-15-8)5-2-1-3-12-5/h5-6,12H,1-4H2,(H,13,18)(H,16,17)(H,19,20). The molecule has 0 spiro atoms. The summed E-state index contributed by atoms with van der Waals surface area (Å²) in [6.45, 7) is 0.814. The van der Waals surface area contributed by atoms with Crippen molar-refractivity contribution in [1.82, 2.24) is 20.8 Å². The molecule has 4 N–H and O–H groups in total. The molecule has 21 heavy (non-hydrogen) atoms. The minimum atomic E-state index is -1.55. The average molecular weight is 298 g/mol. The highest BCUT2D eigenvalue weighted by atomic mass is 16.5. The summed E-state index contributed by atoms with van der Waals surface area (Å²) in [4.78, 5) is 37.1. The molecule has 0 saturated carbocycles. The molecule has 2 unspecified atom stereocenters. The molecule has 1 aromatic rings. The van der Waals surface area contributed by atoms with E-state index in [-0.39, 0.29) is 17.8 Å². The van der Waals surface area contributed by atoms with Gasteiger partial charge in [0.1, 0.15) is 6.04 Å². The molecule has 10 heteroatoms. The number of amides is 1. The molecular formula is C11H14N4O6. The number of nitrogens with zero attached hydrogens (tertiary/aromatic N) is 2.